The summed E-state index contributed by atoms with van der Waals surface area (Å²) in [5.74, 6) is -0.00452. The molecule has 0 unspecified atom stereocenters. The molecule has 1 aliphatic heterocycles. The minimum atomic E-state index is -0.00452. The first kappa shape index (κ1) is 14.3. The zero-order valence-electron chi connectivity index (χ0n) is 12.9. The molecule has 0 atom stereocenters. The summed E-state index contributed by atoms with van der Waals surface area (Å²) in [6.45, 7) is 4.77. The summed E-state index contributed by atoms with van der Waals surface area (Å²) in [6.07, 6.45) is 3.94. The van der Waals surface area contributed by atoms with Gasteiger partial charge in [-0.15, -0.1) is 0 Å². The lowest BCUT2D eigenvalue weighted by molar-refractivity contribution is -0.117. The molecule has 1 aliphatic rings. The predicted octanol–water partition coefficient (Wildman–Crippen LogP) is 4.12. The Kier molecular flexibility index (Phi) is 3.92. The molecule has 0 bridgehead atoms. The first-order valence-corrected chi connectivity index (χ1v) is 7.47. The molecule has 0 radical (unpaired) electrons. The molecule has 3 rings (SSSR count). The van der Waals surface area contributed by atoms with E-state index in [1.165, 1.54) is 22.3 Å². The quantitative estimate of drug-likeness (QED) is 0.828. The molecule has 2 nitrogen and oxygen atoms in total. The lowest BCUT2D eigenvalue weighted by Crippen LogP contribution is -2.29. The van der Waals surface area contributed by atoms with Crippen LogP contribution in [0, 0.1) is 6.92 Å². The van der Waals surface area contributed by atoms with Gasteiger partial charge in [-0.1, -0.05) is 54.1 Å². The second kappa shape index (κ2) is 6.02. The zero-order chi connectivity index (χ0) is 15.5. The highest BCUT2D eigenvalue weighted by Gasteiger charge is 2.13. The zero-order valence-corrected chi connectivity index (χ0v) is 12.9. The van der Waals surface area contributed by atoms with E-state index in [1.807, 2.05) is 43.3 Å². The minimum absolute atomic E-state index is 0.00452. The van der Waals surface area contributed by atoms with Gasteiger partial charge in [0.05, 0.1) is 0 Å². The smallest absolute Gasteiger partial charge is 0.251 e. The van der Waals surface area contributed by atoms with Crippen molar-refractivity contribution in [1.82, 2.24) is 5.32 Å². The molecule has 110 valence electrons. The van der Waals surface area contributed by atoms with Gasteiger partial charge in [0.1, 0.15) is 0 Å². The van der Waals surface area contributed by atoms with Gasteiger partial charge >= 0.3 is 0 Å². The third-order valence-electron chi connectivity index (χ3n) is 3.96. The summed E-state index contributed by atoms with van der Waals surface area (Å²) in [4.78, 5) is 12.0. The van der Waals surface area contributed by atoms with Gasteiger partial charge in [0.15, 0.2) is 0 Å². The monoisotopic (exact) mass is 289 g/mol. The van der Waals surface area contributed by atoms with Gasteiger partial charge in [0.25, 0.3) is 5.91 Å². The Hall–Kier alpha value is -2.61. The van der Waals surface area contributed by atoms with Crippen molar-refractivity contribution in [2.75, 3.05) is 6.54 Å². The fourth-order valence-corrected chi connectivity index (χ4v) is 2.72. The Bertz CT molecular complexity index is 770. The number of amides is 1. The topological polar surface area (TPSA) is 29.1 Å². The summed E-state index contributed by atoms with van der Waals surface area (Å²) in [7, 11) is 0. The fraction of sp³-hybridized carbons (Fsp3) is 0.150. The van der Waals surface area contributed by atoms with Crippen molar-refractivity contribution in [3.8, 4) is 11.1 Å². The van der Waals surface area contributed by atoms with Crippen LogP contribution in [-0.4, -0.2) is 12.5 Å². The number of carbonyl (C=O) groups is 1. The molecule has 22 heavy (non-hydrogen) atoms. The Balaban J connectivity index is 2.06. The van der Waals surface area contributed by atoms with E-state index in [4.69, 9.17) is 0 Å². The van der Waals surface area contributed by atoms with Gasteiger partial charge in [-0.2, -0.15) is 0 Å². The SMILES string of the molecule is CC1=C/C(=C\c2cccc(-c3ccccc3)c2C)C(=O)NC1. The predicted molar refractivity (Wildman–Crippen MR) is 91.4 cm³/mol. The maximum absolute atomic E-state index is 12.0. The molecule has 2 aromatic rings. The minimum Gasteiger partial charge on any atom is -0.348 e. The van der Waals surface area contributed by atoms with Gasteiger partial charge in [-0.05, 0) is 48.3 Å². The average molecular weight is 289 g/mol. The molecule has 1 heterocycles. The van der Waals surface area contributed by atoms with Gasteiger partial charge in [0, 0.05) is 12.1 Å². The van der Waals surface area contributed by atoms with Gasteiger partial charge < -0.3 is 5.32 Å². The number of hydrogen-bond acceptors (Lipinski definition) is 1. The van der Waals surface area contributed by atoms with Crippen molar-refractivity contribution >= 4 is 12.0 Å². The molecule has 0 spiro atoms. The van der Waals surface area contributed by atoms with Gasteiger partial charge in [-0.3, -0.25) is 4.79 Å². The Morgan fingerprint density at radius 2 is 1.77 bits per heavy atom. The first-order valence-electron chi connectivity index (χ1n) is 7.47. The van der Waals surface area contributed by atoms with E-state index in [-0.39, 0.29) is 5.91 Å². The van der Waals surface area contributed by atoms with E-state index >= 15 is 0 Å². The van der Waals surface area contributed by atoms with Crippen molar-refractivity contribution in [1.29, 1.82) is 0 Å². The number of hydrogen-bond donors (Lipinski definition) is 1. The Morgan fingerprint density at radius 1 is 1.00 bits per heavy atom. The molecule has 2 aromatic carbocycles. The maximum Gasteiger partial charge on any atom is 0.251 e. The number of carbonyl (C=O) groups excluding carboxylic acids is 1. The summed E-state index contributed by atoms with van der Waals surface area (Å²) in [5, 5.41) is 2.89. The third kappa shape index (κ3) is 2.86. The van der Waals surface area contributed by atoms with Crippen molar-refractivity contribution < 1.29 is 4.79 Å². The molecule has 0 aliphatic carbocycles. The molecular weight excluding hydrogens is 270 g/mol. The number of rotatable bonds is 2. The van der Waals surface area contributed by atoms with Crippen molar-refractivity contribution in [3.63, 3.8) is 0 Å². The van der Waals surface area contributed by atoms with Gasteiger partial charge in [-0.25, -0.2) is 0 Å². The van der Waals surface area contributed by atoms with Crippen LogP contribution in [0.25, 0.3) is 17.2 Å². The first-order chi connectivity index (χ1) is 10.6. The highest BCUT2D eigenvalue weighted by atomic mass is 16.1. The van der Waals surface area contributed by atoms with Gasteiger partial charge in [0.2, 0.25) is 0 Å². The van der Waals surface area contributed by atoms with E-state index in [9.17, 15) is 4.79 Å². The molecule has 0 saturated heterocycles. The van der Waals surface area contributed by atoms with E-state index in [2.05, 4.69) is 36.5 Å². The fourth-order valence-electron chi connectivity index (χ4n) is 2.72. The summed E-state index contributed by atoms with van der Waals surface area (Å²) in [5.41, 5.74) is 6.55. The lowest BCUT2D eigenvalue weighted by atomic mass is 9.94. The largest absolute Gasteiger partial charge is 0.348 e. The van der Waals surface area contributed by atoms with Crippen molar-refractivity contribution in [2.24, 2.45) is 0 Å². The average Bonchev–Trinajstić information content (AvgIpc) is 2.54. The van der Waals surface area contributed by atoms with E-state index in [0.29, 0.717) is 6.54 Å². The summed E-state index contributed by atoms with van der Waals surface area (Å²) < 4.78 is 0. The standard InChI is InChI=1S/C20H19NO/c1-14-11-18(20(22)21-13-14)12-17-9-6-10-19(15(17)2)16-7-4-3-5-8-16/h3-12H,13H2,1-2H3,(H,21,22)/b18-12+. The van der Waals surface area contributed by atoms with Crippen LogP contribution < -0.4 is 5.32 Å². The second-order valence-electron chi connectivity index (χ2n) is 5.66. The maximum atomic E-state index is 12.0. The Morgan fingerprint density at radius 3 is 2.55 bits per heavy atom. The van der Waals surface area contributed by atoms with E-state index in [0.717, 1.165) is 11.1 Å². The van der Waals surface area contributed by atoms with Crippen LogP contribution >= 0.6 is 0 Å². The highest BCUT2D eigenvalue weighted by Crippen LogP contribution is 2.27. The molecular formula is C20H19NO. The van der Waals surface area contributed by atoms with Crippen LogP contribution in [0.4, 0.5) is 0 Å². The summed E-state index contributed by atoms with van der Waals surface area (Å²) in [6, 6.07) is 16.5. The van der Waals surface area contributed by atoms with Crippen LogP contribution in [0.15, 0.2) is 65.8 Å². The second-order valence-corrected chi connectivity index (χ2v) is 5.66. The van der Waals surface area contributed by atoms with Crippen LogP contribution in [-0.2, 0) is 4.79 Å². The van der Waals surface area contributed by atoms with Crippen molar-refractivity contribution in [3.05, 3.63) is 76.9 Å². The van der Waals surface area contributed by atoms with E-state index in [1.54, 1.807) is 0 Å². The van der Waals surface area contributed by atoms with Crippen molar-refractivity contribution in [2.45, 2.75) is 13.8 Å². The van der Waals surface area contributed by atoms with Crippen LogP contribution in [0.2, 0.25) is 0 Å². The molecule has 0 fully saturated rings. The van der Waals surface area contributed by atoms with Crippen LogP contribution in [0.3, 0.4) is 0 Å². The molecule has 0 aromatic heterocycles. The third-order valence-corrected chi connectivity index (χ3v) is 3.96. The number of benzene rings is 2. The van der Waals surface area contributed by atoms with Crippen LogP contribution in [0.5, 0.6) is 0 Å². The van der Waals surface area contributed by atoms with Crippen LogP contribution in [0.1, 0.15) is 18.1 Å². The molecule has 2 heteroatoms. The van der Waals surface area contributed by atoms with E-state index < -0.39 is 0 Å². The highest BCUT2D eigenvalue weighted by molar-refractivity contribution is 6.02. The normalized spacial score (nSPS) is 16.4. The molecule has 0 saturated carbocycles. The molecule has 1 N–H and O–H groups in total. The number of nitrogens with one attached hydrogen (secondary N) is 1. The summed E-state index contributed by atoms with van der Waals surface area (Å²) >= 11 is 0. The lowest BCUT2D eigenvalue weighted by Gasteiger charge is -2.14. The Labute approximate surface area is 131 Å². The molecule has 1 amide bonds.